The van der Waals surface area contributed by atoms with Gasteiger partial charge in [0.2, 0.25) is 0 Å². The van der Waals surface area contributed by atoms with Crippen molar-refractivity contribution in [1.29, 1.82) is 0 Å². The summed E-state index contributed by atoms with van der Waals surface area (Å²) >= 11 is 0. The Bertz CT molecular complexity index is 1410. The van der Waals surface area contributed by atoms with Crippen LogP contribution in [0.25, 0.3) is 6.08 Å². The van der Waals surface area contributed by atoms with Gasteiger partial charge in [0.05, 0.1) is 17.2 Å². The Labute approximate surface area is 236 Å². The molecule has 5 rings (SSSR count). The van der Waals surface area contributed by atoms with Gasteiger partial charge >= 0.3 is 0 Å². The number of carboxylic acid groups (broad SMARTS) is 1. The number of anilines is 3. The number of carboxylic acids is 1. The first-order chi connectivity index (χ1) is 19.5. The standard InChI is InChI=1S/C34H37N3O3/c1-2-3-4-5-6-8-12-25-16-19-28(20-17-25)36-22-11-13-27-23-26(18-21-31(27)36)24-30-32(34(39)40)35-37(33(30)38)29-14-9-7-10-15-29/h7,9-10,14-21,23-24H,2-6,8,11-13,22H2,1H3,(H,39,40)/p-1/b30-24-. The lowest BCUT2D eigenvalue weighted by Crippen LogP contribution is -2.32. The Balaban J connectivity index is 1.31. The normalized spacial score (nSPS) is 15.9. The molecule has 0 fully saturated rings. The number of rotatable bonds is 11. The highest BCUT2D eigenvalue weighted by molar-refractivity contribution is 6.53. The zero-order valence-electron chi connectivity index (χ0n) is 23.1. The molecule has 0 atom stereocenters. The summed E-state index contributed by atoms with van der Waals surface area (Å²) in [4.78, 5) is 27.3. The molecule has 206 valence electrons. The molecule has 0 saturated heterocycles. The van der Waals surface area contributed by atoms with Crippen LogP contribution in [-0.2, 0) is 22.4 Å². The number of unbranched alkanes of at least 4 members (excludes halogenated alkanes) is 5. The number of para-hydroxylation sites is 1. The van der Waals surface area contributed by atoms with Crippen molar-refractivity contribution in [3.05, 3.63) is 95.1 Å². The highest BCUT2D eigenvalue weighted by atomic mass is 16.4. The Kier molecular flexibility index (Phi) is 8.74. The number of benzene rings is 3. The van der Waals surface area contributed by atoms with Gasteiger partial charge in [0.15, 0.2) is 0 Å². The van der Waals surface area contributed by atoms with E-state index in [2.05, 4.69) is 47.3 Å². The Hall–Kier alpha value is -4.19. The molecule has 0 aromatic heterocycles. The number of hydrogen-bond acceptors (Lipinski definition) is 5. The maximum Gasteiger partial charge on any atom is 0.281 e. The van der Waals surface area contributed by atoms with Gasteiger partial charge in [-0.15, -0.1) is 0 Å². The summed E-state index contributed by atoms with van der Waals surface area (Å²) in [7, 11) is 0. The van der Waals surface area contributed by atoms with Crippen LogP contribution in [0.3, 0.4) is 0 Å². The fourth-order valence-electron chi connectivity index (χ4n) is 5.53. The number of nitrogens with zero attached hydrogens (tertiary/aromatic N) is 3. The maximum atomic E-state index is 13.1. The van der Waals surface area contributed by atoms with Crippen molar-refractivity contribution in [3.63, 3.8) is 0 Å². The summed E-state index contributed by atoms with van der Waals surface area (Å²) in [6, 6.07) is 23.8. The number of hydrogen-bond donors (Lipinski definition) is 0. The molecule has 0 N–H and O–H groups in total. The average Bonchev–Trinajstić information content (AvgIpc) is 3.31. The van der Waals surface area contributed by atoms with Gasteiger partial charge < -0.3 is 14.8 Å². The van der Waals surface area contributed by atoms with Crippen molar-refractivity contribution in [2.45, 2.75) is 64.7 Å². The molecule has 0 unspecified atom stereocenters. The topological polar surface area (TPSA) is 76.0 Å². The monoisotopic (exact) mass is 534 g/mol. The van der Waals surface area contributed by atoms with Crippen LogP contribution in [0.15, 0.2) is 83.5 Å². The largest absolute Gasteiger partial charge is 0.543 e. The van der Waals surface area contributed by atoms with E-state index in [9.17, 15) is 14.7 Å². The summed E-state index contributed by atoms with van der Waals surface area (Å²) in [6.07, 6.45) is 12.5. The minimum Gasteiger partial charge on any atom is -0.543 e. The number of carbonyl (C=O) groups is 2. The lowest BCUT2D eigenvalue weighted by molar-refractivity contribution is -0.294. The number of hydrazone groups is 1. The Morgan fingerprint density at radius 3 is 2.42 bits per heavy atom. The van der Waals surface area contributed by atoms with Crippen LogP contribution >= 0.6 is 0 Å². The molecule has 40 heavy (non-hydrogen) atoms. The van der Waals surface area contributed by atoms with Gasteiger partial charge in [-0.05, 0) is 84.8 Å². The third-order valence-electron chi connectivity index (χ3n) is 7.67. The predicted octanol–water partition coefficient (Wildman–Crippen LogP) is 6.21. The van der Waals surface area contributed by atoms with Crippen molar-refractivity contribution >= 4 is 40.7 Å². The zero-order chi connectivity index (χ0) is 27.9. The zero-order valence-corrected chi connectivity index (χ0v) is 23.1. The lowest BCUT2D eigenvalue weighted by atomic mass is 9.96. The molecule has 2 aliphatic heterocycles. The van der Waals surface area contributed by atoms with E-state index in [0.717, 1.165) is 42.1 Å². The second-order valence-corrected chi connectivity index (χ2v) is 10.6. The SMILES string of the molecule is CCCCCCCCc1ccc(N2CCCc3cc(/C=C4\C(=O)N(c5ccccc5)N=C4C(=O)[O-])ccc32)cc1. The van der Waals surface area contributed by atoms with E-state index in [1.54, 1.807) is 30.3 Å². The van der Waals surface area contributed by atoms with E-state index >= 15 is 0 Å². The van der Waals surface area contributed by atoms with E-state index in [-0.39, 0.29) is 11.3 Å². The number of fused-ring (bicyclic) bond motifs is 1. The van der Waals surface area contributed by atoms with Crippen molar-refractivity contribution in [2.24, 2.45) is 5.10 Å². The minimum atomic E-state index is -1.47. The smallest absolute Gasteiger partial charge is 0.281 e. The van der Waals surface area contributed by atoms with Crippen molar-refractivity contribution in [3.8, 4) is 0 Å². The molecule has 0 saturated carbocycles. The average molecular weight is 535 g/mol. The van der Waals surface area contributed by atoms with Gasteiger partial charge in [-0.25, -0.2) is 0 Å². The van der Waals surface area contributed by atoms with Crippen molar-refractivity contribution in [2.75, 3.05) is 16.5 Å². The van der Waals surface area contributed by atoms with Crippen molar-refractivity contribution < 1.29 is 14.7 Å². The minimum absolute atomic E-state index is 0.0254. The van der Waals surface area contributed by atoms with Crippen LogP contribution in [0.2, 0.25) is 0 Å². The molecular weight excluding hydrogens is 498 g/mol. The highest BCUT2D eigenvalue weighted by Crippen LogP contribution is 2.35. The van der Waals surface area contributed by atoms with Crippen LogP contribution in [-0.4, -0.2) is 24.1 Å². The van der Waals surface area contributed by atoms with Gasteiger partial charge in [-0.1, -0.05) is 75.4 Å². The molecule has 0 spiro atoms. The van der Waals surface area contributed by atoms with E-state index in [1.165, 1.54) is 55.3 Å². The van der Waals surface area contributed by atoms with E-state index in [1.807, 2.05) is 18.2 Å². The van der Waals surface area contributed by atoms with Crippen LogP contribution in [0.5, 0.6) is 0 Å². The second kappa shape index (κ2) is 12.8. The first-order valence-corrected chi connectivity index (χ1v) is 14.5. The predicted molar refractivity (Wildman–Crippen MR) is 160 cm³/mol. The Morgan fingerprint density at radius 2 is 1.68 bits per heavy atom. The van der Waals surface area contributed by atoms with E-state index in [0.29, 0.717) is 5.69 Å². The molecular formula is C34H36N3O3-. The fourth-order valence-corrected chi connectivity index (χ4v) is 5.53. The third kappa shape index (κ3) is 6.17. The van der Waals surface area contributed by atoms with E-state index in [4.69, 9.17) is 0 Å². The fraction of sp³-hybridized carbons (Fsp3) is 0.324. The molecule has 0 aliphatic carbocycles. The molecule has 3 aromatic carbocycles. The quantitative estimate of drug-likeness (QED) is 0.217. The number of aryl methyl sites for hydroxylation is 2. The summed E-state index contributed by atoms with van der Waals surface area (Å²) < 4.78 is 0. The number of carbonyl (C=O) groups excluding carboxylic acids is 2. The molecule has 3 aromatic rings. The molecule has 2 aliphatic rings. The van der Waals surface area contributed by atoms with Crippen LogP contribution in [0.1, 0.15) is 68.6 Å². The molecule has 2 heterocycles. The Morgan fingerprint density at radius 1 is 0.925 bits per heavy atom. The summed E-state index contributed by atoms with van der Waals surface area (Å²) in [5.41, 5.74) is 5.83. The van der Waals surface area contributed by atoms with E-state index < -0.39 is 11.9 Å². The third-order valence-corrected chi connectivity index (χ3v) is 7.67. The van der Waals surface area contributed by atoms with Crippen LogP contribution in [0.4, 0.5) is 17.1 Å². The molecule has 6 nitrogen and oxygen atoms in total. The molecule has 0 bridgehead atoms. The molecule has 1 amide bonds. The van der Waals surface area contributed by atoms with Gasteiger partial charge in [-0.2, -0.15) is 10.1 Å². The van der Waals surface area contributed by atoms with Crippen LogP contribution < -0.4 is 15.0 Å². The van der Waals surface area contributed by atoms with Crippen LogP contribution in [0, 0.1) is 0 Å². The second-order valence-electron chi connectivity index (χ2n) is 10.6. The number of aliphatic carboxylic acids is 1. The van der Waals surface area contributed by atoms with Gasteiger partial charge in [0.1, 0.15) is 5.71 Å². The molecule has 0 radical (unpaired) electrons. The van der Waals surface area contributed by atoms with Crippen molar-refractivity contribution in [1.82, 2.24) is 0 Å². The first-order valence-electron chi connectivity index (χ1n) is 14.5. The highest BCUT2D eigenvalue weighted by Gasteiger charge is 2.32. The van der Waals surface area contributed by atoms with Gasteiger partial charge in [0.25, 0.3) is 5.91 Å². The number of amides is 1. The summed E-state index contributed by atoms with van der Waals surface area (Å²) in [5.74, 6) is -1.95. The van der Waals surface area contributed by atoms with Gasteiger partial charge in [0, 0.05) is 17.9 Å². The first kappa shape index (κ1) is 27.4. The van der Waals surface area contributed by atoms with Gasteiger partial charge in [-0.3, -0.25) is 4.79 Å². The summed E-state index contributed by atoms with van der Waals surface area (Å²) in [6.45, 7) is 3.19. The molecule has 6 heteroatoms. The lowest BCUT2D eigenvalue weighted by Gasteiger charge is -2.32. The maximum absolute atomic E-state index is 13.1. The summed E-state index contributed by atoms with van der Waals surface area (Å²) in [5, 5.41) is 17.0.